The Kier molecular flexibility index (Phi) is 5.93. The van der Waals surface area contributed by atoms with E-state index in [2.05, 4.69) is 47.2 Å². The van der Waals surface area contributed by atoms with Crippen molar-refractivity contribution in [2.75, 3.05) is 6.54 Å². The summed E-state index contributed by atoms with van der Waals surface area (Å²) < 4.78 is 6.91. The summed E-state index contributed by atoms with van der Waals surface area (Å²) in [4.78, 5) is 0. The average Bonchev–Trinajstić information content (AvgIpc) is 2.75. The fourth-order valence-corrected chi connectivity index (χ4v) is 2.24. The quantitative estimate of drug-likeness (QED) is 0.889. The predicted molar refractivity (Wildman–Crippen MR) is 81.2 cm³/mol. The van der Waals surface area contributed by atoms with Crippen LogP contribution in [0, 0.1) is 6.92 Å². The van der Waals surface area contributed by atoms with E-state index in [1.807, 2.05) is 18.2 Å². The van der Waals surface area contributed by atoms with Gasteiger partial charge in [0.15, 0.2) is 0 Å². The molecule has 0 aliphatic heterocycles. The van der Waals surface area contributed by atoms with Gasteiger partial charge in [-0.3, -0.25) is 0 Å². The maximum atomic E-state index is 5.81. The zero-order chi connectivity index (χ0) is 12.3. The second-order valence-electron chi connectivity index (χ2n) is 4.01. The highest BCUT2D eigenvalue weighted by atomic mass is 79.9. The fourth-order valence-electron chi connectivity index (χ4n) is 1.77. The van der Waals surface area contributed by atoms with Gasteiger partial charge in [0.2, 0.25) is 0 Å². The molecular weight excluding hydrogens is 314 g/mol. The molecule has 2 rings (SSSR count). The van der Waals surface area contributed by atoms with Crippen molar-refractivity contribution in [3.63, 3.8) is 0 Å². The van der Waals surface area contributed by atoms with E-state index in [1.54, 1.807) is 0 Å². The molecule has 0 radical (unpaired) electrons. The molecule has 1 aromatic carbocycles. The number of nitrogens with one attached hydrogen (secondary N) is 1. The van der Waals surface area contributed by atoms with Crippen molar-refractivity contribution >= 4 is 28.3 Å². The standard InChI is InChI=1S/C14H16BrNO.ClH/c1-3-16-9-12-5-7-14(17-12)13-6-4-11(15)8-10(13)2;/h4-8,16H,3,9H2,1-2H3;1H. The Morgan fingerprint density at radius 2 is 2.00 bits per heavy atom. The van der Waals surface area contributed by atoms with E-state index < -0.39 is 0 Å². The molecule has 1 aromatic heterocycles. The third-order valence-corrected chi connectivity index (χ3v) is 3.16. The Morgan fingerprint density at radius 3 is 2.67 bits per heavy atom. The van der Waals surface area contributed by atoms with Crippen LogP contribution in [0.25, 0.3) is 11.3 Å². The number of aryl methyl sites for hydroxylation is 1. The Morgan fingerprint density at radius 1 is 1.22 bits per heavy atom. The maximum absolute atomic E-state index is 5.81. The van der Waals surface area contributed by atoms with Gasteiger partial charge in [-0.2, -0.15) is 0 Å². The van der Waals surface area contributed by atoms with Crippen molar-refractivity contribution in [2.24, 2.45) is 0 Å². The Labute approximate surface area is 122 Å². The van der Waals surface area contributed by atoms with E-state index in [0.29, 0.717) is 0 Å². The van der Waals surface area contributed by atoms with Crippen molar-refractivity contribution in [2.45, 2.75) is 20.4 Å². The highest BCUT2D eigenvalue weighted by molar-refractivity contribution is 9.10. The molecule has 0 amide bonds. The van der Waals surface area contributed by atoms with Gasteiger partial charge in [0.1, 0.15) is 11.5 Å². The molecule has 0 saturated carbocycles. The van der Waals surface area contributed by atoms with Crippen LogP contribution in [-0.4, -0.2) is 6.54 Å². The molecule has 0 fully saturated rings. The normalized spacial score (nSPS) is 10.2. The van der Waals surface area contributed by atoms with Gasteiger partial charge in [0.05, 0.1) is 6.54 Å². The SMILES string of the molecule is CCNCc1ccc(-c2ccc(Br)cc2C)o1.Cl. The highest BCUT2D eigenvalue weighted by Crippen LogP contribution is 2.27. The largest absolute Gasteiger partial charge is 0.460 e. The topological polar surface area (TPSA) is 25.2 Å². The zero-order valence-electron chi connectivity index (χ0n) is 10.5. The number of halogens is 2. The first kappa shape index (κ1) is 15.3. The molecule has 4 heteroatoms. The lowest BCUT2D eigenvalue weighted by Crippen LogP contribution is -2.10. The third-order valence-electron chi connectivity index (χ3n) is 2.66. The summed E-state index contributed by atoms with van der Waals surface area (Å²) in [6, 6.07) is 10.3. The molecule has 0 aliphatic carbocycles. The number of hydrogen-bond acceptors (Lipinski definition) is 2. The van der Waals surface area contributed by atoms with Crippen LogP contribution in [-0.2, 0) is 6.54 Å². The van der Waals surface area contributed by atoms with Gasteiger partial charge in [-0.05, 0) is 49.4 Å². The summed E-state index contributed by atoms with van der Waals surface area (Å²) in [6.45, 7) is 5.91. The fraction of sp³-hybridized carbons (Fsp3) is 0.286. The van der Waals surface area contributed by atoms with Gasteiger partial charge in [-0.1, -0.05) is 22.9 Å². The minimum atomic E-state index is 0. The molecule has 0 spiro atoms. The molecule has 2 nitrogen and oxygen atoms in total. The van der Waals surface area contributed by atoms with Gasteiger partial charge in [-0.15, -0.1) is 12.4 Å². The van der Waals surface area contributed by atoms with Gasteiger partial charge in [0.25, 0.3) is 0 Å². The smallest absolute Gasteiger partial charge is 0.134 e. The summed E-state index contributed by atoms with van der Waals surface area (Å²) in [7, 11) is 0. The Bertz CT molecular complexity index is 510. The number of hydrogen-bond donors (Lipinski definition) is 1. The molecule has 1 heterocycles. The minimum Gasteiger partial charge on any atom is -0.460 e. The third kappa shape index (κ3) is 3.61. The summed E-state index contributed by atoms with van der Waals surface area (Å²) >= 11 is 3.47. The van der Waals surface area contributed by atoms with Crippen LogP contribution >= 0.6 is 28.3 Å². The van der Waals surface area contributed by atoms with Crippen molar-refractivity contribution in [3.8, 4) is 11.3 Å². The molecule has 0 saturated heterocycles. The molecule has 1 N–H and O–H groups in total. The first-order chi connectivity index (χ1) is 8.20. The first-order valence-electron chi connectivity index (χ1n) is 5.76. The van der Waals surface area contributed by atoms with Crippen LogP contribution in [0.3, 0.4) is 0 Å². The molecular formula is C14H17BrClNO. The van der Waals surface area contributed by atoms with E-state index in [1.165, 1.54) is 5.56 Å². The van der Waals surface area contributed by atoms with Crippen molar-refractivity contribution in [1.29, 1.82) is 0 Å². The molecule has 0 aliphatic rings. The summed E-state index contributed by atoms with van der Waals surface area (Å²) in [5, 5.41) is 3.25. The summed E-state index contributed by atoms with van der Waals surface area (Å²) in [5.74, 6) is 1.91. The highest BCUT2D eigenvalue weighted by Gasteiger charge is 2.07. The number of benzene rings is 1. The van der Waals surface area contributed by atoms with Gasteiger partial charge in [0, 0.05) is 10.0 Å². The lowest BCUT2D eigenvalue weighted by atomic mass is 10.1. The molecule has 0 atom stereocenters. The summed E-state index contributed by atoms with van der Waals surface area (Å²) in [5.41, 5.74) is 2.36. The van der Waals surface area contributed by atoms with Gasteiger partial charge >= 0.3 is 0 Å². The predicted octanol–water partition coefficient (Wildman–Crippen LogP) is 4.55. The van der Waals surface area contributed by atoms with Crippen LogP contribution in [0.2, 0.25) is 0 Å². The molecule has 0 bridgehead atoms. The molecule has 0 unspecified atom stereocenters. The van der Waals surface area contributed by atoms with Crippen molar-refractivity contribution in [1.82, 2.24) is 5.32 Å². The molecule has 2 aromatic rings. The average molecular weight is 331 g/mol. The minimum absolute atomic E-state index is 0. The van der Waals surface area contributed by atoms with Gasteiger partial charge in [-0.25, -0.2) is 0 Å². The molecule has 98 valence electrons. The van der Waals surface area contributed by atoms with Crippen LogP contribution in [0.5, 0.6) is 0 Å². The number of furan rings is 1. The van der Waals surface area contributed by atoms with E-state index in [4.69, 9.17) is 4.42 Å². The van der Waals surface area contributed by atoms with Crippen LogP contribution in [0.4, 0.5) is 0 Å². The van der Waals surface area contributed by atoms with E-state index in [0.717, 1.165) is 34.6 Å². The zero-order valence-corrected chi connectivity index (χ0v) is 12.9. The second kappa shape index (κ2) is 6.98. The Balaban J connectivity index is 0.00000162. The maximum Gasteiger partial charge on any atom is 0.134 e. The lowest BCUT2D eigenvalue weighted by Gasteiger charge is -2.03. The van der Waals surface area contributed by atoms with Crippen LogP contribution < -0.4 is 5.32 Å². The van der Waals surface area contributed by atoms with Gasteiger partial charge < -0.3 is 9.73 Å². The van der Waals surface area contributed by atoms with E-state index in [-0.39, 0.29) is 12.4 Å². The Hall–Kier alpha value is -0.770. The van der Waals surface area contributed by atoms with E-state index >= 15 is 0 Å². The van der Waals surface area contributed by atoms with Crippen molar-refractivity contribution in [3.05, 3.63) is 46.1 Å². The van der Waals surface area contributed by atoms with E-state index in [9.17, 15) is 0 Å². The second-order valence-corrected chi connectivity index (χ2v) is 4.92. The van der Waals surface area contributed by atoms with Crippen LogP contribution in [0.15, 0.2) is 39.2 Å². The number of rotatable bonds is 4. The van der Waals surface area contributed by atoms with Crippen molar-refractivity contribution < 1.29 is 4.42 Å². The van der Waals surface area contributed by atoms with Crippen LogP contribution in [0.1, 0.15) is 18.2 Å². The summed E-state index contributed by atoms with van der Waals surface area (Å²) in [6.07, 6.45) is 0. The molecule has 18 heavy (non-hydrogen) atoms. The first-order valence-corrected chi connectivity index (χ1v) is 6.56. The lowest BCUT2D eigenvalue weighted by molar-refractivity contribution is 0.498. The monoisotopic (exact) mass is 329 g/mol.